The third-order valence-corrected chi connectivity index (χ3v) is 4.27. The van der Waals surface area contributed by atoms with Crippen LogP contribution in [0.25, 0.3) is 0 Å². The zero-order chi connectivity index (χ0) is 22.9. The van der Waals surface area contributed by atoms with E-state index in [-0.39, 0.29) is 19.8 Å². The molecule has 2 rings (SSSR count). The second-order valence-corrected chi connectivity index (χ2v) is 7.94. The summed E-state index contributed by atoms with van der Waals surface area (Å²) in [5, 5.41) is 0. The first kappa shape index (κ1) is 24.4. The van der Waals surface area contributed by atoms with Gasteiger partial charge in [0.05, 0.1) is 13.7 Å². The van der Waals surface area contributed by atoms with Gasteiger partial charge in [0.15, 0.2) is 0 Å². The van der Waals surface area contributed by atoms with Gasteiger partial charge in [0, 0.05) is 12.4 Å². The fraction of sp³-hybridized carbons (Fsp3) is 0.500. The van der Waals surface area contributed by atoms with Crippen molar-refractivity contribution in [3.63, 3.8) is 0 Å². The van der Waals surface area contributed by atoms with Crippen LogP contribution < -0.4 is 0 Å². The molecule has 1 aliphatic heterocycles. The van der Waals surface area contributed by atoms with E-state index in [0.717, 1.165) is 5.56 Å². The zero-order valence-corrected chi connectivity index (χ0v) is 18.4. The highest BCUT2D eigenvalue weighted by Gasteiger charge is 2.36. The summed E-state index contributed by atoms with van der Waals surface area (Å²) < 4.78 is 10.7. The Labute approximate surface area is 182 Å². The summed E-state index contributed by atoms with van der Waals surface area (Å²) in [5.74, 6) is -0.936. The highest BCUT2D eigenvalue weighted by atomic mass is 17.2. The van der Waals surface area contributed by atoms with Gasteiger partial charge in [-0.3, -0.25) is 14.5 Å². The number of hydrogen-bond acceptors (Lipinski definition) is 7. The molecule has 0 spiro atoms. The first-order valence-electron chi connectivity index (χ1n) is 10.1. The van der Waals surface area contributed by atoms with Crippen LogP contribution >= 0.6 is 0 Å². The highest BCUT2D eigenvalue weighted by molar-refractivity contribution is 5.90. The van der Waals surface area contributed by atoms with Crippen molar-refractivity contribution in [2.75, 3.05) is 20.3 Å². The number of carbonyl (C=O) groups excluding carboxylic acids is 3. The lowest BCUT2D eigenvalue weighted by atomic mass is 10.1. The molecule has 1 aliphatic rings. The summed E-state index contributed by atoms with van der Waals surface area (Å²) in [7, 11) is 1.39. The normalized spacial score (nSPS) is 16.4. The molecule has 1 atom stereocenters. The fourth-order valence-corrected chi connectivity index (χ4v) is 2.95. The van der Waals surface area contributed by atoms with Gasteiger partial charge in [0.2, 0.25) is 5.91 Å². The van der Waals surface area contributed by atoms with Crippen molar-refractivity contribution in [1.29, 1.82) is 0 Å². The van der Waals surface area contributed by atoms with E-state index in [1.54, 1.807) is 20.8 Å². The Morgan fingerprint density at radius 2 is 1.81 bits per heavy atom. The Morgan fingerprint density at radius 1 is 1.10 bits per heavy atom. The van der Waals surface area contributed by atoms with Gasteiger partial charge < -0.3 is 14.4 Å². The molecule has 31 heavy (non-hydrogen) atoms. The van der Waals surface area contributed by atoms with Gasteiger partial charge in [-0.1, -0.05) is 30.3 Å². The molecular formula is C22H30N2O7. The van der Waals surface area contributed by atoms with Crippen LogP contribution in [0.2, 0.25) is 0 Å². The Morgan fingerprint density at radius 3 is 2.45 bits per heavy atom. The molecule has 0 bridgehead atoms. The molecule has 0 N–H and O–H groups in total. The highest BCUT2D eigenvalue weighted by Crippen LogP contribution is 2.20. The standard InChI is InChI=1S/C22H30N2O7/c1-22(2,3)31-19(25)15-23-12-13-24(18(20(23)26)11-8-14-30-28-4)21(27)29-16-17-9-6-5-7-10-17/h5-7,9-10,12-13,18H,8,11,14-16H2,1-4H3/t18-/m1/s1. The van der Waals surface area contributed by atoms with Gasteiger partial charge in [-0.2, -0.15) is 0 Å². The number of carbonyl (C=O) groups is 3. The van der Waals surface area contributed by atoms with Gasteiger partial charge in [-0.25, -0.2) is 14.6 Å². The van der Waals surface area contributed by atoms with Gasteiger partial charge in [-0.15, -0.1) is 0 Å². The smallest absolute Gasteiger partial charge is 0.414 e. The van der Waals surface area contributed by atoms with Crippen molar-refractivity contribution < 1.29 is 33.6 Å². The second-order valence-electron chi connectivity index (χ2n) is 7.94. The third kappa shape index (κ3) is 8.03. The minimum atomic E-state index is -0.837. The number of nitrogens with zero attached hydrogens (tertiary/aromatic N) is 2. The summed E-state index contributed by atoms with van der Waals surface area (Å²) in [6, 6.07) is 8.41. The number of esters is 1. The Bertz CT molecular complexity index is 774. The molecule has 1 aromatic carbocycles. The maximum Gasteiger partial charge on any atom is 0.414 e. The predicted molar refractivity (Wildman–Crippen MR) is 111 cm³/mol. The molecule has 0 saturated carbocycles. The maximum atomic E-state index is 13.0. The molecule has 1 heterocycles. The van der Waals surface area contributed by atoms with Crippen molar-refractivity contribution in [1.82, 2.24) is 9.80 Å². The lowest BCUT2D eigenvalue weighted by Gasteiger charge is -2.35. The molecule has 0 unspecified atom stereocenters. The summed E-state index contributed by atoms with van der Waals surface area (Å²) in [4.78, 5) is 49.8. The number of amides is 2. The molecule has 0 aliphatic carbocycles. The lowest BCUT2D eigenvalue weighted by molar-refractivity contribution is -0.272. The SMILES string of the molecule is COOCCC[C@@H]1C(=O)N(CC(=O)OC(C)(C)C)C=CN1C(=O)OCc1ccccc1. The fourth-order valence-electron chi connectivity index (χ4n) is 2.95. The number of hydrogen-bond donors (Lipinski definition) is 0. The van der Waals surface area contributed by atoms with Crippen molar-refractivity contribution in [2.24, 2.45) is 0 Å². The Kier molecular flexibility index (Phi) is 9.02. The van der Waals surface area contributed by atoms with Gasteiger partial charge in [0.1, 0.15) is 24.8 Å². The predicted octanol–water partition coefficient (Wildman–Crippen LogP) is 3.01. The maximum absolute atomic E-state index is 13.0. The van der Waals surface area contributed by atoms with E-state index in [0.29, 0.717) is 12.8 Å². The van der Waals surface area contributed by atoms with Crippen molar-refractivity contribution >= 4 is 18.0 Å². The van der Waals surface area contributed by atoms with Crippen LogP contribution in [-0.4, -0.2) is 59.7 Å². The van der Waals surface area contributed by atoms with E-state index in [4.69, 9.17) is 14.4 Å². The second kappa shape index (κ2) is 11.5. The molecule has 0 aromatic heterocycles. The molecule has 2 amide bonds. The van der Waals surface area contributed by atoms with E-state index < -0.39 is 29.6 Å². The van der Waals surface area contributed by atoms with Gasteiger partial charge >= 0.3 is 12.1 Å². The quantitative estimate of drug-likeness (QED) is 0.255. The first-order valence-corrected chi connectivity index (χ1v) is 10.1. The van der Waals surface area contributed by atoms with E-state index in [1.165, 1.54) is 29.3 Å². The average molecular weight is 434 g/mol. The molecule has 170 valence electrons. The molecule has 1 aromatic rings. The van der Waals surface area contributed by atoms with Crippen LogP contribution in [0, 0.1) is 0 Å². The van der Waals surface area contributed by atoms with E-state index in [9.17, 15) is 14.4 Å². The van der Waals surface area contributed by atoms with Crippen molar-refractivity contribution in [2.45, 2.75) is 51.9 Å². The van der Waals surface area contributed by atoms with Crippen LogP contribution in [0.15, 0.2) is 42.7 Å². The Hall–Kier alpha value is -2.91. The van der Waals surface area contributed by atoms with Crippen LogP contribution in [0.4, 0.5) is 4.79 Å². The number of rotatable bonds is 9. The van der Waals surface area contributed by atoms with Gasteiger partial charge in [0.25, 0.3) is 0 Å². The average Bonchev–Trinajstić information content (AvgIpc) is 2.71. The van der Waals surface area contributed by atoms with Crippen molar-refractivity contribution in [3.8, 4) is 0 Å². The Balaban J connectivity index is 2.07. The molecular weight excluding hydrogens is 404 g/mol. The van der Waals surface area contributed by atoms with Crippen LogP contribution in [0.1, 0.15) is 39.2 Å². The topological polar surface area (TPSA) is 94.6 Å². The minimum Gasteiger partial charge on any atom is -0.459 e. The molecule has 9 heteroatoms. The minimum absolute atomic E-state index is 0.0827. The van der Waals surface area contributed by atoms with Crippen LogP contribution in [-0.2, 0) is 35.4 Å². The van der Waals surface area contributed by atoms with E-state index in [2.05, 4.69) is 4.89 Å². The first-order chi connectivity index (χ1) is 14.7. The van der Waals surface area contributed by atoms with E-state index in [1.807, 2.05) is 30.3 Å². The molecule has 0 radical (unpaired) electrons. The number of benzene rings is 1. The van der Waals surface area contributed by atoms with Crippen LogP contribution in [0.5, 0.6) is 0 Å². The lowest BCUT2D eigenvalue weighted by Crippen LogP contribution is -2.52. The van der Waals surface area contributed by atoms with Gasteiger partial charge in [-0.05, 0) is 39.2 Å². The summed E-state index contributed by atoms with van der Waals surface area (Å²) in [5.41, 5.74) is 0.170. The summed E-state index contributed by atoms with van der Waals surface area (Å²) >= 11 is 0. The van der Waals surface area contributed by atoms with Crippen molar-refractivity contribution in [3.05, 3.63) is 48.3 Å². The summed E-state index contributed by atoms with van der Waals surface area (Å²) in [6.07, 6.45) is 2.95. The monoisotopic (exact) mass is 434 g/mol. The van der Waals surface area contributed by atoms with E-state index >= 15 is 0 Å². The summed E-state index contributed by atoms with van der Waals surface area (Å²) in [6.45, 7) is 5.35. The van der Waals surface area contributed by atoms with Crippen LogP contribution in [0.3, 0.4) is 0 Å². The largest absolute Gasteiger partial charge is 0.459 e. The molecule has 0 saturated heterocycles. The third-order valence-electron chi connectivity index (χ3n) is 4.27. The zero-order valence-electron chi connectivity index (χ0n) is 18.4. The molecule has 0 fully saturated rings. The number of ether oxygens (including phenoxy) is 2. The molecule has 9 nitrogen and oxygen atoms in total.